The molecule has 196 valence electrons. The number of aromatic nitrogens is 1. The monoisotopic (exact) mass is 539 g/mol. The number of carbonyl (C=O) groups excluding carboxylic acids is 1. The third kappa shape index (κ3) is 4.89. The van der Waals surface area contributed by atoms with Gasteiger partial charge in [-0.05, 0) is 35.4 Å². The Kier molecular flexibility index (Phi) is 6.82. The molecule has 2 aliphatic rings. The third-order valence-corrected chi connectivity index (χ3v) is 7.09. The third-order valence-electron chi connectivity index (χ3n) is 6.85. The van der Waals surface area contributed by atoms with Crippen LogP contribution in [0, 0.1) is 0 Å². The lowest BCUT2D eigenvalue weighted by molar-refractivity contribution is 0.0698. The molecule has 4 aromatic rings. The van der Waals surface area contributed by atoms with Crippen molar-refractivity contribution in [3.05, 3.63) is 141 Å². The van der Waals surface area contributed by atoms with Gasteiger partial charge in [-0.2, -0.15) is 0 Å². The summed E-state index contributed by atoms with van der Waals surface area (Å²) >= 11 is 6.51. The van der Waals surface area contributed by atoms with E-state index in [0.717, 1.165) is 16.7 Å². The molecule has 1 aromatic heterocycles. The minimum Gasteiger partial charge on any atom is -0.489 e. The van der Waals surface area contributed by atoms with E-state index in [-0.39, 0.29) is 36.1 Å². The summed E-state index contributed by atoms with van der Waals surface area (Å²) in [6.07, 6.45) is 5.42. The molecule has 1 unspecified atom stereocenters. The van der Waals surface area contributed by atoms with E-state index in [4.69, 9.17) is 21.1 Å². The normalized spacial score (nSPS) is 17.4. The number of carbonyl (C=O) groups is 1. The maximum atomic E-state index is 13.9. The number of pyridine rings is 1. The summed E-state index contributed by atoms with van der Waals surface area (Å²) in [7, 11) is 0. The lowest BCUT2D eigenvalue weighted by atomic mass is 9.97. The van der Waals surface area contributed by atoms with Gasteiger partial charge in [0.1, 0.15) is 31.7 Å². The van der Waals surface area contributed by atoms with Gasteiger partial charge in [0.15, 0.2) is 11.4 Å². The van der Waals surface area contributed by atoms with Crippen molar-refractivity contribution in [3.8, 4) is 11.5 Å². The standard InChI is InChI=1S/C31H26ClN3O4/c32-24-13-14-27-25(19-24)28(23-11-5-2-6-12-23)35-21-33(16-7-8-18-38-27)31(37)29-30(26(36)15-17-34(29)35)39-20-22-9-3-1-4-10-22/h1-15,17,19,28H,16,18,20-21H2/b8-7-. The molecule has 1 amide bonds. The summed E-state index contributed by atoms with van der Waals surface area (Å²) in [4.78, 5) is 28.7. The summed E-state index contributed by atoms with van der Waals surface area (Å²) in [5.74, 6) is 0.427. The fourth-order valence-corrected chi connectivity index (χ4v) is 5.19. The smallest absolute Gasteiger partial charge is 0.278 e. The van der Waals surface area contributed by atoms with Crippen LogP contribution in [0.3, 0.4) is 0 Å². The largest absolute Gasteiger partial charge is 0.489 e. The lowest BCUT2D eigenvalue weighted by Gasteiger charge is -2.44. The lowest BCUT2D eigenvalue weighted by Crippen LogP contribution is -2.55. The van der Waals surface area contributed by atoms with Crippen LogP contribution >= 0.6 is 11.6 Å². The first kappa shape index (κ1) is 24.8. The second-order valence-corrected chi connectivity index (χ2v) is 9.80. The Bertz CT molecular complexity index is 1590. The molecule has 7 nitrogen and oxygen atoms in total. The zero-order valence-electron chi connectivity index (χ0n) is 21.1. The van der Waals surface area contributed by atoms with Crippen LogP contribution < -0.4 is 19.9 Å². The second-order valence-electron chi connectivity index (χ2n) is 9.36. The van der Waals surface area contributed by atoms with E-state index < -0.39 is 6.04 Å². The highest BCUT2D eigenvalue weighted by atomic mass is 35.5. The highest BCUT2D eigenvalue weighted by molar-refractivity contribution is 6.30. The summed E-state index contributed by atoms with van der Waals surface area (Å²) in [5, 5.41) is 2.61. The van der Waals surface area contributed by atoms with Crippen molar-refractivity contribution in [1.82, 2.24) is 9.58 Å². The molecule has 8 heteroatoms. The molecular formula is C31H26ClN3O4. The number of rotatable bonds is 4. The van der Waals surface area contributed by atoms with E-state index in [0.29, 0.717) is 23.9 Å². The number of hydrogen-bond donors (Lipinski definition) is 0. The van der Waals surface area contributed by atoms with Crippen LogP contribution in [0.5, 0.6) is 11.5 Å². The molecule has 3 heterocycles. The van der Waals surface area contributed by atoms with Gasteiger partial charge in [-0.15, -0.1) is 0 Å². The molecule has 0 fully saturated rings. The van der Waals surface area contributed by atoms with Crippen molar-refractivity contribution in [2.75, 3.05) is 24.8 Å². The quantitative estimate of drug-likeness (QED) is 0.335. The first-order chi connectivity index (χ1) is 19.1. The van der Waals surface area contributed by atoms with Gasteiger partial charge in [0, 0.05) is 29.4 Å². The van der Waals surface area contributed by atoms with Crippen LogP contribution in [0.1, 0.15) is 33.2 Å². The van der Waals surface area contributed by atoms with Crippen molar-refractivity contribution in [2.45, 2.75) is 12.6 Å². The summed E-state index contributed by atoms with van der Waals surface area (Å²) < 4.78 is 14.0. The van der Waals surface area contributed by atoms with E-state index >= 15 is 0 Å². The topological polar surface area (TPSA) is 64.0 Å². The molecule has 2 aliphatic heterocycles. The number of hydrogen-bond acceptors (Lipinski definition) is 5. The Morgan fingerprint density at radius 1 is 0.923 bits per heavy atom. The molecule has 0 radical (unpaired) electrons. The number of nitrogens with zero attached hydrogens (tertiary/aromatic N) is 3. The highest BCUT2D eigenvalue weighted by Gasteiger charge is 2.37. The van der Waals surface area contributed by atoms with Gasteiger partial charge >= 0.3 is 0 Å². The Morgan fingerprint density at radius 2 is 1.69 bits per heavy atom. The first-order valence-corrected chi connectivity index (χ1v) is 13.1. The van der Waals surface area contributed by atoms with Crippen molar-refractivity contribution in [3.63, 3.8) is 0 Å². The number of fused-ring (bicyclic) bond motifs is 5. The van der Waals surface area contributed by atoms with Crippen LogP contribution in [-0.4, -0.2) is 35.3 Å². The van der Waals surface area contributed by atoms with Gasteiger partial charge in [0.2, 0.25) is 5.43 Å². The molecule has 3 aromatic carbocycles. The van der Waals surface area contributed by atoms with Gasteiger partial charge in [0.25, 0.3) is 5.91 Å². The van der Waals surface area contributed by atoms with E-state index in [9.17, 15) is 9.59 Å². The summed E-state index contributed by atoms with van der Waals surface area (Å²) in [6.45, 7) is 1.12. The average molecular weight is 540 g/mol. The molecule has 0 saturated carbocycles. The zero-order valence-corrected chi connectivity index (χ0v) is 21.8. The Morgan fingerprint density at radius 3 is 2.49 bits per heavy atom. The van der Waals surface area contributed by atoms with Crippen molar-refractivity contribution < 1.29 is 14.3 Å². The fraction of sp³-hybridized carbons (Fsp3) is 0.161. The Hall–Kier alpha value is -4.49. The van der Waals surface area contributed by atoms with Crippen molar-refractivity contribution in [2.24, 2.45) is 0 Å². The predicted octanol–water partition coefficient (Wildman–Crippen LogP) is 5.17. The van der Waals surface area contributed by atoms with E-state index in [1.165, 1.54) is 6.07 Å². The average Bonchev–Trinajstić information content (AvgIpc) is 2.99. The molecular weight excluding hydrogens is 514 g/mol. The maximum absolute atomic E-state index is 13.9. The fourth-order valence-electron chi connectivity index (χ4n) is 5.01. The van der Waals surface area contributed by atoms with E-state index in [2.05, 4.69) is 0 Å². The number of halogens is 1. The molecule has 0 N–H and O–H groups in total. The van der Waals surface area contributed by atoms with Crippen LogP contribution in [0.15, 0.2) is 108 Å². The van der Waals surface area contributed by atoms with Crippen molar-refractivity contribution >= 4 is 17.5 Å². The molecule has 0 aliphatic carbocycles. The minimum absolute atomic E-state index is 0.0225. The van der Waals surface area contributed by atoms with Crippen LogP contribution in [-0.2, 0) is 6.61 Å². The predicted molar refractivity (Wildman–Crippen MR) is 150 cm³/mol. The maximum Gasteiger partial charge on any atom is 0.278 e. The number of amides is 1. The van der Waals surface area contributed by atoms with Crippen LogP contribution in [0.2, 0.25) is 5.02 Å². The SMILES string of the molecule is O=C1c2c(OCc3ccccc3)c(=O)ccn2N2CN1C/C=C\COc1ccc(Cl)cc1C2c1ccccc1. The first-order valence-electron chi connectivity index (χ1n) is 12.7. The van der Waals surface area contributed by atoms with Gasteiger partial charge in [-0.25, -0.2) is 0 Å². The molecule has 0 spiro atoms. The van der Waals surface area contributed by atoms with Gasteiger partial charge in [-0.3, -0.25) is 19.3 Å². The van der Waals surface area contributed by atoms with Gasteiger partial charge in [-0.1, -0.05) is 78.3 Å². The summed E-state index contributed by atoms with van der Waals surface area (Å²) in [6, 6.07) is 26.1. The van der Waals surface area contributed by atoms with Crippen molar-refractivity contribution in [1.29, 1.82) is 0 Å². The molecule has 2 bridgehead atoms. The number of benzene rings is 3. The molecule has 39 heavy (non-hydrogen) atoms. The number of ether oxygens (including phenoxy) is 2. The minimum atomic E-state index is -0.392. The second kappa shape index (κ2) is 10.7. The van der Waals surface area contributed by atoms with Gasteiger partial charge in [0.05, 0.1) is 0 Å². The molecule has 6 rings (SSSR count). The van der Waals surface area contributed by atoms with E-state index in [1.807, 2.05) is 90.0 Å². The van der Waals surface area contributed by atoms with Gasteiger partial charge < -0.3 is 14.4 Å². The van der Waals surface area contributed by atoms with E-state index in [1.54, 1.807) is 21.8 Å². The Balaban J connectivity index is 1.55. The van der Waals surface area contributed by atoms with Crippen LogP contribution in [0.25, 0.3) is 0 Å². The highest BCUT2D eigenvalue weighted by Crippen LogP contribution is 2.38. The zero-order chi connectivity index (χ0) is 26.8. The molecule has 0 saturated heterocycles. The van der Waals surface area contributed by atoms with Crippen LogP contribution in [0.4, 0.5) is 0 Å². The Labute approximate surface area is 231 Å². The summed E-state index contributed by atoms with van der Waals surface area (Å²) in [5.41, 5.74) is 2.54. The molecule has 1 atom stereocenters.